The van der Waals surface area contributed by atoms with E-state index in [0.29, 0.717) is 12.1 Å². The average molecular weight is 338 g/mol. The van der Waals surface area contributed by atoms with Gasteiger partial charge in [0.2, 0.25) is 15.9 Å². The van der Waals surface area contributed by atoms with Crippen LogP contribution in [0.4, 0.5) is 5.69 Å². The second-order valence-corrected chi connectivity index (χ2v) is 7.63. The second-order valence-electron chi connectivity index (χ2n) is 4.71. The lowest BCUT2D eigenvalue weighted by Gasteiger charge is -2.07. The largest absolute Gasteiger partial charge is 0.326 e. The molecule has 0 aliphatic rings. The molecule has 0 fully saturated rings. The summed E-state index contributed by atoms with van der Waals surface area (Å²) < 4.78 is 25.4. The van der Waals surface area contributed by atoms with Crippen LogP contribution >= 0.6 is 11.3 Å². The minimum atomic E-state index is -3.44. The highest BCUT2D eigenvalue weighted by Gasteiger charge is 2.11. The van der Waals surface area contributed by atoms with Crippen LogP contribution in [0.25, 0.3) is 0 Å². The molecule has 0 aliphatic carbocycles. The van der Waals surface area contributed by atoms with E-state index in [-0.39, 0.29) is 10.8 Å². The SMILES string of the molecule is CNS(=O)(=O)c1ccc(NC(=O)CCCc2cccs2)cc1. The molecule has 0 unspecified atom stereocenters. The normalized spacial score (nSPS) is 11.3. The number of anilines is 1. The number of aryl methyl sites for hydroxylation is 1. The van der Waals surface area contributed by atoms with E-state index in [1.807, 2.05) is 11.4 Å². The molecule has 118 valence electrons. The van der Waals surface area contributed by atoms with Crippen molar-refractivity contribution in [2.75, 3.05) is 12.4 Å². The summed E-state index contributed by atoms with van der Waals surface area (Å²) in [5.41, 5.74) is 0.594. The van der Waals surface area contributed by atoms with Gasteiger partial charge in [-0.15, -0.1) is 11.3 Å². The van der Waals surface area contributed by atoms with Crippen LogP contribution < -0.4 is 10.0 Å². The van der Waals surface area contributed by atoms with Crippen LogP contribution in [0, 0.1) is 0 Å². The topological polar surface area (TPSA) is 75.3 Å². The van der Waals surface area contributed by atoms with Gasteiger partial charge in [-0.2, -0.15) is 0 Å². The maximum Gasteiger partial charge on any atom is 0.240 e. The van der Waals surface area contributed by atoms with E-state index in [0.717, 1.165) is 12.8 Å². The predicted molar refractivity (Wildman–Crippen MR) is 88.6 cm³/mol. The summed E-state index contributed by atoms with van der Waals surface area (Å²) in [6.07, 6.45) is 2.12. The minimum Gasteiger partial charge on any atom is -0.326 e. The Hall–Kier alpha value is -1.70. The van der Waals surface area contributed by atoms with Gasteiger partial charge in [0, 0.05) is 17.0 Å². The molecule has 2 N–H and O–H groups in total. The molecule has 22 heavy (non-hydrogen) atoms. The summed E-state index contributed by atoms with van der Waals surface area (Å²) in [6, 6.07) is 10.2. The van der Waals surface area contributed by atoms with Crippen molar-refractivity contribution in [1.29, 1.82) is 0 Å². The van der Waals surface area contributed by atoms with Crippen LogP contribution in [-0.4, -0.2) is 21.4 Å². The van der Waals surface area contributed by atoms with Crippen molar-refractivity contribution < 1.29 is 13.2 Å². The number of thiophene rings is 1. The number of rotatable bonds is 7. The Morgan fingerprint density at radius 3 is 2.50 bits per heavy atom. The van der Waals surface area contributed by atoms with Gasteiger partial charge in [-0.3, -0.25) is 4.79 Å². The van der Waals surface area contributed by atoms with Crippen molar-refractivity contribution in [2.45, 2.75) is 24.2 Å². The van der Waals surface area contributed by atoms with Crippen molar-refractivity contribution >= 4 is 33.0 Å². The van der Waals surface area contributed by atoms with Gasteiger partial charge in [-0.1, -0.05) is 6.07 Å². The molecule has 2 aromatic rings. The van der Waals surface area contributed by atoms with Crippen molar-refractivity contribution in [3.63, 3.8) is 0 Å². The fourth-order valence-corrected chi connectivity index (χ4v) is 3.42. The lowest BCUT2D eigenvalue weighted by atomic mass is 10.2. The van der Waals surface area contributed by atoms with Crippen LogP contribution in [0.15, 0.2) is 46.7 Å². The first-order valence-corrected chi connectivity index (χ1v) is 9.23. The van der Waals surface area contributed by atoms with E-state index in [2.05, 4.69) is 16.1 Å². The quantitative estimate of drug-likeness (QED) is 0.815. The van der Waals surface area contributed by atoms with Crippen LogP contribution in [-0.2, 0) is 21.2 Å². The van der Waals surface area contributed by atoms with Crippen molar-refractivity contribution in [1.82, 2.24) is 4.72 Å². The third kappa shape index (κ3) is 4.66. The summed E-state index contributed by atoms with van der Waals surface area (Å²) >= 11 is 1.69. The number of hydrogen-bond donors (Lipinski definition) is 2. The number of carbonyl (C=O) groups is 1. The molecule has 0 bridgehead atoms. The van der Waals surface area contributed by atoms with Crippen molar-refractivity contribution in [3.05, 3.63) is 46.7 Å². The zero-order valence-corrected chi connectivity index (χ0v) is 13.8. The Kier molecular flexibility index (Phi) is 5.70. The molecule has 2 rings (SSSR count). The smallest absolute Gasteiger partial charge is 0.240 e. The monoisotopic (exact) mass is 338 g/mol. The molecule has 1 aromatic carbocycles. The zero-order valence-electron chi connectivity index (χ0n) is 12.2. The van der Waals surface area contributed by atoms with E-state index in [4.69, 9.17) is 0 Å². The van der Waals surface area contributed by atoms with Gasteiger partial charge in [-0.05, 0) is 55.6 Å². The third-order valence-electron chi connectivity index (χ3n) is 3.12. The van der Waals surface area contributed by atoms with Gasteiger partial charge in [0.1, 0.15) is 0 Å². The molecule has 0 saturated heterocycles. The summed E-state index contributed by atoms with van der Waals surface area (Å²) in [6.45, 7) is 0. The van der Waals surface area contributed by atoms with E-state index >= 15 is 0 Å². The lowest BCUT2D eigenvalue weighted by molar-refractivity contribution is -0.116. The molecule has 1 amide bonds. The Morgan fingerprint density at radius 2 is 1.91 bits per heavy atom. The second kappa shape index (κ2) is 7.53. The van der Waals surface area contributed by atoms with Crippen molar-refractivity contribution in [3.8, 4) is 0 Å². The third-order valence-corrected chi connectivity index (χ3v) is 5.49. The molecule has 0 saturated carbocycles. The Balaban J connectivity index is 1.84. The van der Waals surface area contributed by atoms with Gasteiger partial charge in [0.05, 0.1) is 4.90 Å². The van der Waals surface area contributed by atoms with Crippen LogP contribution in [0.1, 0.15) is 17.7 Å². The van der Waals surface area contributed by atoms with Gasteiger partial charge >= 0.3 is 0 Å². The Morgan fingerprint density at radius 1 is 1.18 bits per heavy atom. The molecule has 0 aliphatic heterocycles. The molecule has 1 heterocycles. The van der Waals surface area contributed by atoms with Gasteiger partial charge in [0.15, 0.2) is 0 Å². The molecule has 0 atom stereocenters. The van der Waals surface area contributed by atoms with Gasteiger partial charge < -0.3 is 5.32 Å². The maximum absolute atomic E-state index is 11.8. The fourth-order valence-electron chi connectivity index (χ4n) is 1.94. The molecule has 7 heteroatoms. The molecule has 5 nitrogen and oxygen atoms in total. The number of carbonyl (C=O) groups excluding carboxylic acids is 1. The van der Waals surface area contributed by atoms with Crippen LogP contribution in [0.5, 0.6) is 0 Å². The number of benzene rings is 1. The number of nitrogens with one attached hydrogen (secondary N) is 2. The van der Waals surface area contributed by atoms with Gasteiger partial charge in [-0.25, -0.2) is 13.1 Å². The zero-order chi connectivity index (χ0) is 16.0. The Labute approximate surface area is 134 Å². The lowest BCUT2D eigenvalue weighted by Crippen LogP contribution is -2.18. The standard InChI is InChI=1S/C15H18N2O3S2/c1-16-22(19,20)14-9-7-12(8-10-14)17-15(18)6-2-4-13-5-3-11-21-13/h3,5,7-11,16H,2,4,6H2,1H3,(H,17,18). The molecule has 0 spiro atoms. The van der Waals surface area contributed by atoms with Crippen LogP contribution in [0.2, 0.25) is 0 Å². The molecular weight excluding hydrogens is 320 g/mol. The molecule has 0 radical (unpaired) electrons. The number of sulfonamides is 1. The minimum absolute atomic E-state index is 0.0687. The first-order valence-electron chi connectivity index (χ1n) is 6.87. The van der Waals surface area contributed by atoms with E-state index in [1.165, 1.54) is 24.1 Å². The summed E-state index contributed by atoms with van der Waals surface area (Å²) in [5.74, 6) is -0.0687. The molecular formula is C15H18N2O3S2. The highest BCUT2D eigenvalue weighted by molar-refractivity contribution is 7.89. The number of hydrogen-bond acceptors (Lipinski definition) is 4. The van der Waals surface area contributed by atoms with E-state index < -0.39 is 10.0 Å². The fraction of sp³-hybridized carbons (Fsp3) is 0.267. The highest BCUT2D eigenvalue weighted by Crippen LogP contribution is 2.15. The summed E-state index contributed by atoms with van der Waals surface area (Å²) in [7, 11) is -2.08. The van der Waals surface area contributed by atoms with Gasteiger partial charge in [0.25, 0.3) is 0 Å². The van der Waals surface area contributed by atoms with E-state index in [9.17, 15) is 13.2 Å². The Bertz CT molecular complexity index is 708. The highest BCUT2D eigenvalue weighted by atomic mass is 32.2. The van der Waals surface area contributed by atoms with Crippen LogP contribution in [0.3, 0.4) is 0 Å². The summed E-state index contributed by atoms with van der Waals surface area (Å²) in [5, 5.41) is 4.79. The average Bonchev–Trinajstić information content (AvgIpc) is 3.01. The first kappa shape index (κ1) is 16.7. The predicted octanol–water partition coefficient (Wildman–Crippen LogP) is 2.62. The summed E-state index contributed by atoms with van der Waals surface area (Å²) in [4.78, 5) is 13.3. The first-order chi connectivity index (χ1) is 10.5. The number of amides is 1. The van der Waals surface area contributed by atoms with Crippen molar-refractivity contribution in [2.24, 2.45) is 0 Å². The van der Waals surface area contributed by atoms with E-state index in [1.54, 1.807) is 23.5 Å². The maximum atomic E-state index is 11.8. The molecule has 1 aromatic heterocycles.